The molecule has 0 atom stereocenters. The predicted octanol–water partition coefficient (Wildman–Crippen LogP) is 3.29. The molecule has 7 heteroatoms. The Bertz CT molecular complexity index is 726. The monoisotopic (exact) mass is 372 g/mol. The number of benzene rings is 1. The average molecular weight is 372 g/mol. The van der Waals surface area contributed by atoms with E-state index < -0.39 is 5.97 Å². The van der Waals surface area contributed by atoms with Crippen LogP contribution in [-0.4, -0.2) is 59.1 Å². The molecule has 0 saturated carbocycles. The topological polar surface area (TPSA) is 80.3 Å². The molecule has 2 aromatic rings. The first-order chi connectivity index (χ1) is 13.3. The number of hydrogen-bond acceptors (Lipinski definition) is 6. The number of carbonyl (C=O) groups is 1. The molecule has 1 N–H and O–H groups in total. The van der Waals surface area contributed by atoms with E-state index in [1.54, 1.807) is 6.92 Å². The van der Waals surface area contributed by atoms with Gasteiger partial charge in [-0.05, 0) is 64.4 Å². The van der Waals surface area contributed by atoms with Gasteiger partial charge in [-0.15, -0.1) is 5.10 Å². The number of nitrogens with zero attached hydrogens (tertiary/aromatic N) is 3. The van der Waals surface area contributed by atoms with Crippen LogP contribution in [0.4, 0.5) is 0 Å². The number of aromatic nitrogens is 3. The number of piperidine rings is 1. The van der Waals surface area contributed by atoms with Gasteiger partial charge in [0.1, 0.15) is 11.4 Å². The summed E-state index contributed by atoms with van der Waals surface area (Å²) in [6, 6.07) is 7.56. The number of esters is 1. The average Bonchev–Trinajstić information content (AvgIpc) is 3.19. The maximum atomic E-state index is 12.0. The van der Waals surface area contributed by atoms with Crippen molar-refractivity contribution >= 4 is 5.97 Å². The number of H-pyrrole nitrogens is 1. The fourth-order valence-corrected chi connectivity index (χ4v) is 3.32. The van der Waals surface area contributed by atoms with Gasteiger partial charge in [-0.25, -0.2) is 4.79 Å². The predicted molar refractivity (Wildman–Crippen MR) is 103 cm³/mol. The van der Waals surface area contributed by atoms with Gasteiger partial charge >= 0.3 is 5.97 Å². The zero-order valence-corrected chi connectivity index (χ0v) is 15.9. The molecule has 1 aromatic carbocycles. The summed E-state index contributed by atoms with van der Waals surface area (Å²) in [6.07, 6.45) is 6.21. The Kier molecular flexibility index (Phi) is 7.21. The Morgan fingerprint density at radius 1 is 1.19 bits per heavy atom. The SMILES string of the molecule is CCOC(=O)c1n[nH]nc1-c1cccc(OCCCCN2CCCCC2)c1. The molecule has 0 amide bonds. The van der Waals surface area contributed by atoms with Crippen molar-refractivity contribution in [2.75, 3.05) is 32.8 Å². The summed E-state index contributed by atoms with van der Waals surface area (Å²) in [6.45, 7) is 6.38. The highest BCUT2D eigenvalue weighted by atomic mass is 16.5. The van der Waals surface area contributed by atoms with Gasteiger partial charge in [0, 0.05) is 5.56 Å². The molecule has 1 fully saturated rings. The van der Waals surface area contributed by atoms with Gasteiger partial charge in [-0.3, -0.25) is 0 Å². The highest BCUT2D eigenvalue weighted by molar-refractivity contribution is 5.93. The lowest BCUT2D eigenvalue weighted by molar-refractivity contribution is 0.0520. The Balaban J connectivity index is 1.50. The number of carbonyl (C=O) groups excluding carboxylic acids is 1. The molecule has 1 aromatic heterocycles. The zero-order chi connectivity index (χ0) is 18.9. The van der Waals surface area contributed by atoms with Crippen LogP contribution in [-0.2, 0) is 4.74 Å². The first-order valence-corrected chi connectivity index (χ1v) is 9.81. The van der Waals surface area contributed by atoms with Gasteiger partial charge in [0.2, 0.25) is 0 Å². The molecule has 0 bridgehead atoms. The second-order valence-corrected chi connectivity index (χ2v) is 6.73. The van der Waals surface area contributed by atoms with Crippen molar-refractivity contribution in [3.63, 3.8) is 0 Å². The molecule has 0 aliphatic carbocycles. The maximum absolute atomic E-state index is 12.0. The van der Waals surface area contributed by atoms with Crippen molar-refractivity contribution in [3.8, 4) is 17.0 Å². The minimum atomic E-state index is -0.481. The van der Waals surface area contributed by atoms with Crippen LogP contribution in [0.3, 0.4) is 0 Å². The summed E-state index contributed by atoms with van der Waals surface area (Å²) in [5.74, 6) is 0.286. The van der Waals surface area contributed by atoms with E-state index in [-0.39, 0.29) is 5.69 Å². The van der Waals surface area contributed by atoms with E-state index in [9.17, 15) is 4.79 Å². The van der Waals surface area contributed by atoms with Crippen molar-refractivity contribution in [1.29, 1.82) is 0 Å². The number of hydrogen-bond donors (Lipinski definition) is 1. The maximum Gasteiger partial charge on any atom is 0.361 e. The van der Waals surface area contributed by atoms with E-state index >= 15 is 0 Å². The highest BCUT2D eigenvalue weighted by Gasteiger charge is 2.19. The minimum Gasteiger partial charge on any atom is -0.494 e. The first-order valence-electron chi connectivity index (χ1n) is 9.81. The number of likely N-dealkylation sites (tertiary alicyclic amines) is 1. The standard InChI is InChI=1S/C20H28N4O3/c1-2-26-20(25)19-18(21-23-22-19)16-9-8-10-17(15-16)27-14-7-6-13-24-11-4-3-5-12-24/h8-10,15H,2-7,11-14H2,1H3,(H,21,22,23). The van der Waals surface area contributed by atoms with E-state index in [0.29, 0.717) is 18.9 Å². The van der Waals surface area contributed by atoms with E-state index in [1.165, 1.54) is 32.4 Å². The van der Waals surface area contributed by atoms with Gasteiger partial charge < -0.3 is 14.4 Å². The van der Waals surface area contributed by atoms with Crippen LogP contribution in [0.2, 0.25) is 0 Å². The van der Waals surface area contributed by atoms with Crippen LogP contribution in [0, 0.1) is 0 Å². The Morgan fingerprint density at radius 2 is 2.04 bits per heavy atom. The molecule has 146 valence electrons. The molecular formula is C20H28N4O3. The van der Waals surface area contributed by atoms with Crippen LogP contribution in [0.15, 0.2) is 24.3 Å². The molecule has 0 spiro atoms. The summed E-state index contributed by atoms with van der Waals surface area (Å²) < 4.78 is 10.9. The lowest BCUT2D eigenvalue weighted by atomic mass is 10.1. The lowest BCUT2D eigenvalue weighted by Gasteiger charge is -2.26. The van der Waals surface area contributed by atoms with Gasteiger partial charge in [0.05, 0.1) is 13.2 Å². The Labute approximate surface area is 160 Å². The van der Waals surface area contributed by atoms with Gasteiger partial charge in [-0.2, -0.15) is 10.3 Å². The van der Waals surface area contributed by atoms with Crippen LogP contribution in [0.1, 0.15) is 49.5 Å². The number of ether oxygens (including phenoxy) is 2. The summed E-state index contributed by atoms with van der Waals surface area (Å²) in [7, 11) is 0. The van der Waals surface area contributed by atoms with E-state index in [2.05, 4.69) is 20.3 Å². The molecule has 2 heterocycles. The molecule has 0 radical (unpaired) electrons. The third-order valence-electron chi connectivity index (χ3n) is 4.71. The van der Waals surface area contributed by atoms with Crippen LogP contribution in [0.25, 0.3) is 11.3 Å². The molecular weight excluding hydrogens is 344 g/mol. The molecule has 1 aliphatic heterocycles. The van der Waals surface area contributed by atoms with E-state index in [1.807, 2.05) is 24.3 Å². The molecule has 1 saturated heterocycles. The van der Waals surface area contributed by atoms with Crippen molar-refractivity contribution < 1.29 is 14.3 Å². The fourth-order valence-electron chi connectivity index (χ4n) is 3.32. The smallest absolute Gasteiger partial charge is 0.361 e. The third kappa shape index (κ3) is 5.53. The number of unbranched alkanes of at least 4 members (excludes halogenated alkanes) is 1. The zero-order valence-electron chi connectivity index (χ0n) is 15.9. The van der Waals surface area contributed by atoms with E-state index in [4.69, 9.17) is 9.47 Å². The van der Waals surface area contributed by atoms with Crippen LogP contribution < -0.4 is 4.74 Å². The van der Waals surface area contributed by atoms with Crippen molar-refractivity contribution in [2.24, 2.45) is 0 Å². The Hall–Kier alpha value is -2.41. The van der Waals surface area contributed by atoms with Gasteiger partial charge in [0.15, 0.2) is 5.69 Å². The molecule has 1 aliphatic rings. The quantitative estimate of drug-likeness (QED) is 0.537. The molecule has 3 rings (SSSR count). The summed E-state index contributed by atoms with van der Waals surface area (Å²) in [4.78, 5) is 14.5. The van der Waals surface area contributed by atoms with Gasteiger partial charge in [0.25, 0.3) is 0 Å². The summed E-state index contributed by atoms with van der Waals surface area (Å²) in [5, 5.41) is 10.5. The molecule has 7 nitrogen and oxygen atoms in total. The number of rotatable bonds is 9. The normalized spacial score (nSPS) is 14.9. The Morgan fingerprint density at radius 3 is 2.85 bits per heavy atom. The fraction of sp³-hybridized carbons (Fsp3) is 0.550. The molecule has 27 heavy (non-hydrogen) atoms. The second kappa shape index (κ2) is 10.1. The van der Waals surface area contributed by atoms with Crippen LogP contribution >= 0.6 is 0 Å². The van der Waals surface area contributed by atoms with E-state index in [0.717, 1.165) is 30.7 Å². The van der Waals surface area contributed by atoms with Crippen LogP contribution in [0.5, 0.6) is 5.75 Å². The van der Waals surface area contributed by atoms with Crippen molar-refractivity contribution in [1.82, 2.24) is 20.3 Å². The molecule has 0 unspecified atom stereocenters. The minimum absolute atomic E-state index is 0.190. The second-order valence-electron chi connectivity index (χ2n) is 6.73. The third-order valence-corrected chi connectivity index (χ3v) is 4.71. The summed E-state index contributed by atoms with van der Waals surface area (Å²) >= 11 is 0. The van der Waals surface area contributed by atoms with Crippen molar-refractivity contribution in [3.05, 3.63) is 30.0 Å². The highest BCUT2D eigenvalue weighted by Crippen LogP contribution is 2.24. The number of nitrogens with one attached hydrogen (secondary N) is 1. The number of aromatic amines is 1. The first kappa shape index (κ1) is 19.4. The van der Waals surface area contributed by atoms with Gasteiger partial charge in [-0.1, -0.05) is 18.6 Å². The largest absolute Gasteiger partial charge is 0.494 e. The lowest BCUT2D eigenvalue weighted by Crippen LogP contribution is -2.30. The van der Waals surface area contributed by atoms with Crippen molar-refractivity contribution in [2.45, 2.75) is 39.0 Å². The summed E-state index contributed by atoms with van der Waals surface area (Å²) in [5.41, 5.74) is 1.44.